The van der Waals surface area contributed by atoms with E-state index in [2.05, 4.69) is 146 Å². The second-order valence-corrected chi connectivity index (χ2v) is 9.32. The zero-order valence-electron chi connectivity index (χ0n) is 19.9. The number of aryl methyl sites for hydroxylation is 1. The largest absolute Gasteiger partial charge is 0.357 e. The second-order valence-electron chi connectivity index (χ2n) is 9.32. The van der Waals surface area contributed by atoms with Crippen LogP contribution in [0.15, 0.2) is 103 Å². The van der Waals surface area contributed by atoms with Crippen molar-refractivity contribution in [2.75, 3.05) is 28.4 Å². The van der Waals surface area contributed by atoms with Gasteiger partial charge in [0.05, 0.1) is 12.2 Å². The first-order valence-corrected chi connectivity index (χ1v) is 11.6. The van der Waals surface area contributed by atoms with Crippen molar-refractivity contribution in [1.82, 2.24) is 0 Å². The van der Waals surface area contributed by atoms with Gasteiger partial charge in [0.2, 0.25) is 0 Å². The summed E-state index contributed by atoms with van der Waals surface area (Å²) in [5, 5.41) is 0. The third-order valence-electron chi connectivity index (χ3n) is 6.77. The van der Waals surface area contributed by atoms with E-state index in [1.165, 1.54) is 22.5 Å². The summed E-state index contributed by atoms with van der Waals surface area (Å²) >= 11 is 0. The summed E-state index contributed by atoms with van der Waals surface area (Å²) in [5.74, 6) is 0. The van der Waals surface area contributed by atoms with Gasteiger partial charge < -0.3 is 14.7 Å². The summed E-state index contributed by atoms with van der Waals surface area (Å²) < 4.78 is 0. The number of para-hydroxylation sites is 3. The molecule has 0 spiro atoms. The first-order chi connectivity index (χ1) is 16.0. The molecule has 1 heterocycles. The van der Waals surface area contributed by atoms with Crippen LogP contribution in [0.1, 0.15) is 25.0 Å². The summed E-state index contributed by atoms with van der Waals surface area (Å²) in [6, 6.07) is 36.8. The molecule has 0 aromatic heterocycles. The Morgan fingerprint density at radius 3 is 1.88 bits per heavy atom. The number of fused-ring (bicyclic) bond motifs is 1. The number of hydrogen-bond acceptors (Lipinski definition) is 3. The van der Waals surface area contributed by atoms with Crippen LogP contribution in [0.3, 0.4) is 0 Å². The number of benzene rings is 4. The van der Waals surface area contributed by atoms with Crippen LogP contribution in [-0.4, -0.2) is 13.7 Å². The number of hydrogen-bond donors (Lipinski definition) is 0. The van der Waals surface area contributed by atoms with E-state index in [0.717, 1.165) is 23.7 Å². The normalized spacial score (nSPS) is 14.7. The molecular formula is C30H31N3. The minimum absolute atomic E-state index is 0.128. The second kappa shape index (κ2) is 8.32. The molecule has 3 nitrogen and oxygen atoms in total. The molecule has 0 saturated carbocycles. The Labute approximate surface area is 197 Å². The highest BCUT2D eigenvalue weighted by atomic mass is 15.4. The maximum Gasteiger partial charge on any atom is 0.0908 e. The molecule has 0 amide bonds. The van der Waals surface area contributed by atoms with Crippen molar-refractivity contribution in [3.8, 4) is 0 Å². The smallest absolute Gasteiger partial charge is 0.0908 e. The quantitative estimate of drug-likeness (QED) is 0.328. The lowest BCUT2D eigenvalue weighted by molar-refractivity contribution is 0.460. The van der Waals surface area contributed by atoms with Gasteiger partial charge in [0.15, 0.2) is 0 Å². The lowest BCUT2D eigenvalue weighted by Crippen LogP contribution is -2.52. The summed E-state index contributed by atoms with van der Waals surface area (Å²) in [6.45, 7) is 7.71. The van der Waals surface area contributed by atoms with E-state index in [4.69, 9.17) is 0 Å². The zero-order chi connectivity index (χ0) is 23.0. The number of anilines is 5. The molecule has 166 valence electrons. The molecule has 4 aromatic carbocycles. The Bertz CT molecular complexity index is 1210. The van der Waals surface area contributed by atoms with Crippen molar-refractivity contribution in [2.45, 2.75) is 26.3 Å². The van der Waals surface area contributed by atoms with Crippen LogP contribution >= 0.6 is 0 Å². The average molecular weight is 434 g/mol. The third kappa shape index (κ3) is 3.74. The minimum atomic E-state index is -0.128. The molecule has 0 N–H and O–H groups in total. The molecule has 0 radical (unpaired) electrons. The maximum atomic E-state index is 2.53. The van der Waals surface area contributed by atoms with Crippen LogP contribution in [0, 0.1) is 6.92 Å². The highest BCUT2D eigenvalue weighted by Gasteiger charge is 2.37. The number of nitrogens with zero attached hydrogens (tertiary/aromatic N) is 3. The molecule has 0 atom stereocenters. The molecule has 1 aliphatic heterocycles. The highest BCUT2D eigenvalue weighted by Crippen LogP contribution is 2.44. The first kappa shape index (κ1) is 21.1. The van der Waals surface area contributed by atoms with E-state index < -0.39 is 0 Å². The van der Waals surface area contributed by atoms with Gasteiger partial charge >= 0.3 is 0 Å². The third-order valence-corrected chi connectivity index (χ3v) is 6.77. The Morgan fingerprint density at radius 2 is 1.24 bits per heavy atom. The molecule has 0 unspecified atom stereocenters. The molecule has 0 bridgehead atoms. The van der Waals surface area contributed by atoms with Crippen molar-refractivity contribution in [3.05, 3.63) is 114 Å². The van der Waals surface area contributed by atoms with Crippen molar-refractivity contribution < 1.29 is 0 Å². The zero-order valence-corrected chi connectivity index (χ0v) is 19.9. The van der Waals surface area contributed by atoms with Crippen molar-refractivity contribution in [2.24, 2.45) is 0 Å². The molecule has 1 aliphatic rings. The lowest BCUT2D eigenvalue weighted by Gasteiger charge is -2.49. The van der Waals surface area contributed by atoms with Crippen LogP contribution in [0.4, 0.5) is 28.4 Å². The Morgan fingerprint density at radius 1 is 0.667 bits per heavy atom. The summed E-state index contributed by atoms with van der Waals surface area (Å²) in [5.41, 5.74) is 8.53. The average Bonchev–Trinajstić information content (AvgIpc) is 2.84. The molecule has 0 saturated heterocycles. The van der Waals surface area contributed by atoms with Gasteiger partial charge in [-0.05, 0) is 68.8 Å². The summed E-state index contributed by atoms with van der Waals surface area (Å²) in [4.78, 5) is 7.21. The summed E-state index contributed by atoms with van der Waals surface area (Å²) in [6.07, 6.45) is 0. The van der Waals surface area contributed by atoms with Crippen molar-refractivity contribution in [3.63, 3.8) is 0 Å². The fraction of sp³-hybridized carbons (Fsp3) is 0.200. The molecule has 0 fully saturated rings. The van der Waals surface area contributed by atoms with Gasteiger partial charge in [-0.15, -0.1) is 0 Å². The van der Waals surface area contributed by atoms with Crippen molar-refractivity contribution >= 4 is 28.4 Å². The SMILES string of the molecule is Cc1ccc(N(c2ccccc2)c2ccccc2)cc1N1CN(C)c2ccccc2C1(C)C. The van der Waals surface area contributed by atoms with E-state index in [0.29, 0.717) is 0 Å². The van der Waals surface area contributed by atoms with E-state index in [1.807, 2.05) is 0 Å². The monoisotopic (exact) mass is 433 g/mol. The maximum absolute atomic E-state index is 2.53. The Kier molecular flexibility index (Phi) is 5.33. The molecule has 5 rings (SSSR count). The van der Waals surface area contributed by atoms with Crippen LogP contribution in [0.25, 0.3) is 0 Å². The van der Waals surface area contributed by atoms with Gasteiger partial charge in [-0.3, -0.25) is 0 Å². The van der Waals surface area contributed by atoms with Crippen LogP contribution < -0.4 is 14.7 Å². The van der Waals surface area contributed by atoms with Crippen LogP contribution in [0.5, 0.6) is 0 Å². The molecule has 33 heavy (non-hydrogen) atoms. The minimum Gasteiger partial charge on any atom is -0.357 e. The highest BCUT2D eigenvalue weighted by molar-refractivity contribution is 5.80. The predicted octanol–water partition coefficient (Wildman–Crippen LogP) is 7.61. The Balaban J connectivity index is 1.64. The first-order valence-electron chi connectivity index (χ1n) is 11.6. The van der Waals surface area contributed by atoms with Gasteiger partial charge in [-0.2, -0.15) is 0 Å². The van der Waals surface area contributed by atoms with Crippen molar-refractivity contribution in [1.29, 1.82) is 0 Å². The van der Waals surface area contributed by atoms with Crippen LogP contribution in [0.2, 0.25) is 0 Å². The van der Waals surface area contributed by atoms with Crippen LogP contribution in [-0.2, 0) is 5.54 Å². The van der Waals surface area contributed by atoms with Gasteiger partial charge in [0.1, 0.15) is 0 Å². The van der Waals surface area contributed by atoms with Gasteiger partial charge in [0, 0.05) is 41.0 Å². The van der Waals surface area contributed by atoms with E-state index in [9.17, 15) is 0 Å². The van der Waals surface area contributed by atoms with Gasteiger partial charge in [-0.1, -0.05) is 60.7 Å². The van der Waals surface area contributed by atoms with E-state index >= 15 is 0 Å². The van der Waals surface area contributed by atoms with E-state index in [-0.39, 0.29) is 5.54 Å². The molecular weight excluding hydrogens is 402 g/mol. The fourth-order valence-electron chi connectivity index (χ4n) is 4.94. The molecule has 4 aromatic rings. The molecule has 0 aliphatic carbocycles. The fourth-order valence-corrected chi connectivity index (χ4v) is 4.94. The summed E-state index contributed by atoms with van der Waals surface area (Å²) in [7, 11) is 2.18. The topological polar surface area (TPSA) is 9.72 Å². The predicted molar refractivity (Wildman–Crippen MR) is 141 cm³/mol. The van der Waals surface area contributed by atoms with E-state index in [1.54, 1.807) is 0 Å². The Hall–Kier alpha value is -3.72. The molecule has 3 heteroatoms. The standard InChI is InChI=1S/C30H31N3/c1-23-19-20-26(33(24-13-7-5-8-14-24)25-15-9-6-10-16-25)21-29(23)32-22-31(4)28-18-12-11-17-27(28)30(32,2)3/h5-21H,22H2,1-4H3. The number of rotatable bonds is 4. The lowest BCUT2D eigenvalue weighted by atomic mass is 9.87. The van der Waals surface area contributed by atoms with Gasteiger partial charge in [0.25, 0.3) is 0 Å². The van der Waals surface area contributed by atoms with Gasteiger partial charge in [-0.25, -0.2) is 0 Å².